The van der Waals surface area contributed by atoms with E-state index < -0.39 is 0 Å². The molecule has 0 bridgehead atoms. The summed E-state index contributed by atoms with van der Waals surface area (Å²) in [6.07, 6.45) is 0.719. The van der Waals surface area contributed by atoms with E-state index in [-0.39, 0.29) is 17.9 Å². The van der Waals surface area contributed by atoms with Crippen LogP contribution in [0.15, 0.2) is 24.3 Å². The van der Waals surface area contributed by atoms with E-state index in [1.807, 2.05) is 6.92 Å². The number of halogens is 1. The summed E-state index contributed by atoms with van der Waals surface area (Å²) >= 11 is 0. The molecular formula is C11H16FN3O. The van der Waals surface area contributed by atoms with Gasteiger partial charge in [-0.1, -0.05) is 0 Å². The number of nitrogens with two attached hydrogens (primary N) is 1. The molecule has 4 N–H and O–H groups in total. The lowest BCUT2D eigenvalue weighted by Gasteiger charge is -2.08. The van der Waals surface area contributed by atoms with Crippen LogP contribution in [0.5, 0.6) is 0 Å². The van der Waals surface area contributed by atoms with Crippen molar-refractivity contribution in [3.05, 3.63) is 30.1 Å². The van der Waals surface area contributed by atoms with Crippen LogP contribution in [0.4, 0.5) is 14.9 Å². The number of hydrogen-bond acceptors (Lipinski definition) is 2. The maximum atomic E-state index is 12.6. The van der Waals surface area contributed by atoms with Gasteiger partial charge in [-0.15, -0.1) is 0 Å². The molecule has 0 radical (unpaired) electrons. The zero-order valence-electron chi connectivity index (χ0n) is 9.16. The van der Waals surface area contributed by atoms with Gasteiger partial charge in [0.25, 0.3) is 0 Å². The lowest BCUT2D eigenvalue weighted by Crippen LogP contribution is -2.32. The normalized spacial score (nSPS) is 11.9. The Balaban J connectivity index is 2.31. The van der Waals surface area contributed by atoms with Crippen LogP contribution >= 0.6 is 0 Å². The molecule has 1 aromatic carbocycles. The summed E-state index contributed by atoms with van der Waals surface area (Å²) < 4.78 is 12.6. The lowest BCUT2D eigenvalue weighted by atomic mass is 10.2. The molecule has 0 saturated heterocycles. The van der Waals surface area contributed by atoms with E-state index in [1.165, 1.54) is 24.3 Å². The molecule has 0 aliphatic heterocycles. The van der Waals surface area contributed by atoms with Crippen molar-refractivity contribution in [3.63, 3.8) is 0 Å². The Hall–Kier alpha value is -1.62. The van der Waals surface area contributed by atoms with E-state index in [4.69, 9.17) is 5.73 Å². The van der Waals surface area contributed by atoms with Crippen LogP contribution in [0.1, 0.15) is 13.3 Å². The fourth-order valence-corrected chi connectivity index (χ4v) is 1.12. The van der Waals surface area contributed by atoms with E-state index >= 15 is 0 Å². The Labute approximate surface area is 94.0 Å². The maximum Gasteiger partial charge on any atom is 0.319 e. The van der Waals surface area contributed by atoms with Crippen molar-refractivity contribution in [1.29, 1.82) is 0 Å². The number of carbonyl (C=O) groups excluding carboxylic acids is 1. The van der Waals surface area contributed by atoms with Gasteiger partial charge in [0.15, 0.2) is 0 Å². The maximum absolute atomic E-state index is 12.6. The number of rotatable bonds is 4. The molecular weight excluding hydrogens is 209 g/mol. The fourth-order valence-electron chi connectivity index (χ4n) is 1.12. The molecule has 0 fully saturated rings. The second kappa shape index (κ2) is 6.07. The van der Waals surface area contributed by atoms with Crippen molar-refractivity contribution >= 4 is 11.7 Å². The Bertz CT molecular complexity index is 338. The van der Waals surface area contributed by atoms with Crippen molar-refractivity contribution in [2.45, 2.75) is 19.4 Å². The first kappa shape index (κ1) is 12.4. The number of benzene rings is 1. The lowest BCUT2D eigenvalue weighted by molar-refractivity contribution is 0.252. The summed E-state index contributed by atoms with van der Waals surface area (Å²) in [5.74, 6) is -0.331. The number of nitrogens with one attached hydrogen (secondary N) is 2. The smallest absolute Gasteiger partial charge is 0.319 e. The third kappa shape index (κ3) is 4.75. The van der Waals surface area contributed by atoms with Gasteiger partial charge in [0, 0.05) is 18.3 Å². The van der Waals surface area contributed by atoms with Crippen LogP contribution in [0, 0.1) is 5.82 Å². The molecule has 1 rings (SSSR count). The highest BCUT2D eigenvalue weighted by Gasteiger charge is 2.01. The van der Waals surface area contributed by atoms with Crippen LogP contribution < -0.4 is 16.4 Å². The van der Waals surface area contributed by atoms with Crippen molar-refractivity contribution < 1.29 is 9.18 Å². The minimum Gasteiger partial charge on any atom is -0.338 e. The number of amides is 2. The van der Waals surface area contributed by atoms with Gasteiger partial charge in [-0.2, -0.15) is 0 Å². The molecule has 0 heterocycles. The SMILES string of the molecule is CC(N)CCNC(=O)Nc1ccc(F)cc1. The van der Waals surface area contributed by atoms with Gasteiger partial charge < -0.3 is 16.4 Å². The van der Waals surface area contributed by atoms with Gasteiger partial charge in [-0.05, 0) is 37.6 Å². The molecule has 2 amide bonds. The predicted molar refractivity (Wildman–Crippen MR) is 61.7 cm³/mol. The first-order chi connectivity index (χ1) is 7.58. The van der Waals surface area contributed by atoms with Crippen LogP contribution in [0.2, 0.25) is 0 Å². The monoisotopic (exact) mass is 225 g/mol. The zero-order valence-corrected chi connectivity index (χ0v) is 9.16. The molecule has 0 aliphatic rings. The summed E-state index contributed by atoms with van der Waals surface area (Å²) in [5, 5.41) is 5.24. The van der Waals surface area contributed by atoms with Crippen LogP contribution in [0.25, 0.3) is 0 Å². The molecule has 1 unspecified atom stereocenters. The van der Waals surface area contributed by atoms with E-state index in [2.05, 4.69) is 10.6 Å². The van der Waals surface area contributed by atoms with Gasteiger partial charge >= 0.3 is 6.03 Å². The van der Waals surface area contributed by atoms with E-state index in [1.54, 1.807) is 0 Å². The summed E-state index contributed by atoms with van der Waals surface area (Å²) in [4.78, 5) is 11.3. The topological polar surface area (TPSA) is 67.1 Å². The second-order valence-electron chi connectivity index (χ2n) is 3.65. The van der Waals surface area contributed by atoms with Gasteiger partial charge in [-0.3, -0.25) is 0 Å². The van der Waals surface area contributed by atoms with Crippen LogP contribution in [0.3, 0.4) is 0 Å². The third-order valence-corrected chi connectivity index (χ3v) is 1.99. The van der Waals surface area contributed by atoms with Crippen molar-refractivity contribution in [1.82, 2.24) is 5.32 Å². The zero-order chi connectivity index (χ0) is 12.0. The molecule has 1 aromatic rings. The Morgan fingerprint density at radius 1 is 1.44 bits per heavy atom. The van der Waals surface area contributed by atoms with Crippen molar-refractivity contribution in [2.75, 3.05) is 11.9 Å². The number of carbonyl (C=O) groups is 1. The Morgan fingerprint density at radius 3 is 2.62 bits per heavy atom. The number of anilines is 1. The van der Waals surface area contributed by atoms with E-state index in [0.717, 1.165) is 6.42 Å². The second-order valence-corrected chi connectivity index (χ2v) is 3.65. The third-order valence-electron chi connectivity index (χ3n) is 1.99. The van der Waals surface area contributed by atoms with E-state index in [0.29, 0.717) is 12.2 Å². The first-order valence-corrected chi connectivity index (χ1v) is 5.14. The molecule has 0 spiro atoms. The van der Waals surface area contributed by atoms with Crippen molar-refractivity contribution in [3.8, 4) is 0 Å². The summed E-state index contributed by atoms with van der Waals surface area (Å²) in [5.41, 5.74) is 6.09. The molecule has 0 aromatic heterocycles. The highest BCUT2D eigenvalue weighted by atomic mass is 19.1. The fraction of sp³-hybridized carbons (Fsp3) is 0.364. The molecule has 5 heteroatoms. The number of hydrogen-bond donors (Lipinski definition) is 3. The molecule has 1 atom stereocenters. The predicted octanol–water partition coefficient (Wildman–Crippen LogP) is 1.68. The van der Waals surface area contributed by atoms with Gasteiger partial charge in [0.1, 0.15) is 5.82 Å². The van der Waals surface area contributed by atoms with Gasteiger partial charge in [-0.25, -0.2) is 9.18 Å². The van der Waals surface area contributed by atoms with Crippen LogP contribution in [-0.2, 0) is 0 Å². The highest BCUT2D eigenvalue weighted by Crippen LogP contribution is 2.07. The van der Waals surface area contributed by atoms with Gasteiger partial charge in [0.2, 0.25) is 0 Å². The average Bonchev–Trinajstić information content (AvgIpc) is 2.21. The summed E-state index contributed by atoms with van der Waals surface area (Å²) in [7, 11) is 0. The molecule has 88 valence electrons. The van der Waals surface area contributed by atoms with Crippen LogP contribution in [-0.4, -0.2) is 18.6 Å². The summed E-state index contributed by atoms with van der Waals surface area (Å²) in [6.45, 7) is 2.39. The first-order valence-electron chi connectivity index (χ1n) is 5.14. The van der Waals surface area contributed by atoms with Gasteiger partial charge in [0.05, 0.1) is 0 Å². The Morgan fingerprint density at radius 2 is 2.06 bits per heavy atom. The minimum absolute atomic E-state index is 0.0612. The molecule has 0 aliphatic carbocycles. The molecule has 4 nitrogen and oxygen atoms in total. The average molecular weight is 225 g/mol. The molecule has 0 saturated carbocycles. The Kier molecular flexibility index (Phi) is 4.72. The largest absolute Gasteiger partial charge is 0.338 e. The standard InChI is InChI=1S/C11H16FN3O/c1-8(13)6-7-14-11(16)15-10-4-2-9(12)3-5-10/h2-5,8H,6-7,13H2,1H3,(H2,14,15,16). The highest BCUT2D eigenvalue weighted by molar-refractivity contribution is 5.89. The molecule has 16 heavy (non-hydrogen) atoms. The minimum atomic E-state index is -0.331. The van der Waals surface area contributed by atoms with E-state index in [9.17, 15) is 9.18 Å². The van der Waals surface area contributed by atoms with Crippen molar-refractivity contribution in [2.24, 2.45) is 5.73 Å². The quantitative estimate of drug-likeness (QED) is 0.729. The summed E-state index contributed by atoms with van der Waals surface area (Å²) in [6, 6.07) is 5.33. The number of urea groups is 1.